The number of nitrogens with zero attached hydrogens (tertiary/aromatic N) is 1. The number of hydrogen-bond donors (Lipinski definition) is 1. The number of carbonyl (C=O) groups is 2. The van der Waals surface area contributed by atoms with Crippen LogP contribution < -0.4 is 5.32 Å². The maximum Gasteiger partial charge on any atom is 0.222 e. The molecule has 1 heterocycles. The molecule has 2 amide bonds. The lowest BCUT2D eigenvalue weighted by Crippen LogP contribution is -2.27. The first-order chi connectivity index (χ1) is 9.56. The second kappa shape index (κ2) is 6.55. The fraction of sp³-hybridized carbons (Fsp3) is 0.500. The minimum absolute atomic E-state index is 0.00968. The van der Waals surface area contributed by atoms with Crippen LogP contribution in [0.15, 0.2) is 24.3 Å². The molecule has 0 atom stereocenters. The number of benzene rings is 1. The van der Waals surface area contributed by atoms with Crippen LogP contribution in [0.1, 0.15) is 37.8 Å². The highest BCUT2D eigenvalue weighted by Gasteiger charge is 2.19. The van der Waals surface area contributed by atoms with E-state index in [0.717, 1.165) is 24.1 Å². The molecule has 1 N–H and O–H groups in total. The molecule has 1 fully saturated rings. The standard InChI is InChI=1S/C16H22N2O2/c1-12(2)16(20)17-10-13-5-7-14(8-6-13)11-18-9-3-4-15(18)19/h5-8,12H,3-4,9-11H2,1-2H3,(H,17,20). The van der Waals surface area contributed by atoms with E-state index in [1.54, 1.807) is 0 Å². The smallest absolute Gasteiger partial charge is 0.222 e. The molecule has 1 saturated heterocycles. The van der Waals surface area contributed by atoms with Gasteiger partial charge in [0.1, 0.15) is 0 Å². The Hall–Kier alpha value is -1.84. The van der Waals surface area contributed by atoms with Gasteiger partial charge in [-0.25, -0.2) is 0 Å². The lowest BCUT2D eigenvalue weighted by molar-refractivity contribution is -0.128. The molecule has 108 valence electrons. The average Bonchev–Trinajstić information content (AvgIpc) is 2.83. The van der Waals surface area contributed by atoms with Crippen molar-refractivity contribution in [3.05, 3.63) is 35.4 Å². The lowest BCUT2D eigenvalue weighted by atomic mass is 10.1. The summed E-state index contributed by atoms with van der Waals surface area (Å²) in [7, 11) is 0. The van der Waals surface area contributed by atoms with Crippen molar-refractivity contribution in [1.82, 2.24) is 10.2 Å². The van der Waals surface area contributed by atoms with Gasteiger partial charge in [-0.05, 0) is 17.5 Å². The molecule has 4 nitrogen and oxygen atoms in total. The highest BCUT2D eigenvalue weighted by Crippen LogP contribution is 2.14. The Morgan fingerprint density at radius 2 is 1.90 bits per heavy atom. The summed E-state index contributed by atoms with van der Waals surface area (Å²) in [4.78, 5) is 25.0. The molecule has 0 aromatic heterocycles. The van der Waals surface area contributed by atoms with E-state index in [1.807, 2.05) is 43.0 Å². The number of nitrogens with one attached hydrogen (secondary N) is 1. The quantitative estimate of drug-likeness (QED) is 0.893. The third-order valence-electron chi connectivity index (χ3n) is 3.56. The molecular weight excluding hydrogens is 252 g/mol. The molecule has 20 heavy (non-hydrogen) atoms. The number of amides is 2. The van der Waals surface area contributed by atoms with Crippen LogP contribution >= 0.6 is 0 Å². The summed E-state index contributed by atoms with van der Waals surface area (Å²) in [6.07, 6.45) is 1.65. The Labute approximate surface area is 120 Å². The molecule has 1 aliphatic rings. The van der Waals surface area contributed by atoms with E-state index in [9.17, 15) is 9.59 Å². The molecule has 1 aliphatic heterocycles. The zero-order valence-corrected chi connectivity index (χ0v) is 12.2. The maximum atomic E-state index is 11.6. The summed E-state index contributed by atoms with van der Waals surface area (Å²) < 4.78 is 0. The fourth-order valence-electron chi connectivity index (χ4n) is 2.25. The number of rotatable bonds is 5. The van der Waals surface area contributed by atoms with Crippen LogP contribution in [0.3, 0.4) is 0 Å². The molecule has 0 radical (unpaired) electrons. The van der Waals surface area contributed by atoms with E-state index in [4.69, 9.17) is 0 Å². The fourth-order valence-corrected chi connectivity index (χ4v) is 2.25. The van der Waals surface area contributed by atoms with Crippen molar-refractivity contribution in [2.75, 3.05) is 6.54 Å². The minimum Gasteiger partial charge on any atom is -0.352 e. The van der Waals surface area contributed by atoms with Gasteiger partial charge in [-0.2, -0.15) is 0 Å². The van der Waals surface area contributed by atoms with Crippen LogP contribution in [0, 0.1) is 5.92 Å². The number of likely N-dealkylation sites (tertiary alicyclic amines) is 1. The van der Waals surface area contributed by atoms with E-state index in [1.165, 1.54) is 0 Å². The van der Waals surface area contributed by atoms with Crippen LogP contribution in [0.5, 0.6) is 0 Å². The van der Waals surface area contributed by atoms with Crippen LogP contribution in [0.25, 0.3) is 0 Å². The first-order valence-corrected chi connectivity index (χ1v) is 7.19. The highest BCUT2D eigenvalue weighted by atomic mass is 16.2. The third kappa shape index (κ3) is 3.83. The SMILES string of the molecule is CC(C)C(=O)NCc1ccc(CN2CCCC2=O)cc1. The topological polar surface area (TPSA) is 49.4 Å². The Balaban J connectivity index is 1.86. The minimum atomic E-state index is 0.00968. The van der Waals surface area contributed by atoms with E-state index in [0.29, 0.717) is 19.5 Å². The van der Waals surface area contributed by atoms with Crippen LogP contribution in [-0.2, 0) is 22.7 Å². The van der Waals surface area contributed by atoms with Gasteiger partial charge in [0.2, 0.25) is 11.8 Å². The monoisotopic (exact) mass is 274 g/mol. The lowest BCUT2D eigenvalue weighted by Gasteiger charge is -2.15. The maximum absolute atomic E-state index is 11.6. The van der Waals surface area contributed by atoms with Gasteiger partial charge in [0.05, 0.1) is 0 Å². The Bertz CT molecular complexity index is 480. The summed E-state index contributed by atoms with van der Waals surface area (Å²) in [6, 6.07) is 8.08. The van der Waals surface area contributed by atoms with E-state index in [-0.39, 0.29) is 17.7 Å². The van der Waals surface area contributed by atoms with Gasteiger partial charge >= 0.3 is 0 Å². The molecule has 1 aromatic rings. The van der Waals surface area contributed by atoms with Gasteiger partial charge in [0.25, 0.3) is 0 Å². The first kappa shape index (κ1) is 14.6. The van der Waals surface area contributed by atoms with Crippen molar-refractivity contribution >= 4 is 11.8 Å². The van der Waals surface area contributed by atoms with Crippen LogP contribution in [0.4, 0.5) is 0 Å². The largest absolute Gasteiger partial charge is 0.352 e. The molecule has 1 aromatic carbocycles. The van der Waals surface area contributed by atoms with Crippen molar-refractivity contribution in [3.8, 4) is 0 Å². The Morgan fingerprint density at radius 3 is 2.45 bits per heavy atom. The van der Waals surface area contributed by atoms with Gasteiger partial charge in [0.15, 0.2) is 0 Å². The predicted molar refractivity (Wildman–Crippen MR) is 77.8 cm³/mol. The summed E-state index contributed by atoms with van der Waals surface area (Å²) in [5.74, 6) is 0.325. The van der Waals surface area contributed by atoms with Gasteiger partial charge in [-0.1, -0.05) is 38.1 Å². The molecule has 4 heteroatoms. The number of hydrogen-bond acceptors (Lipinski definition) is 2. The van der Waals surface area contributed by atoms with Crippen molar-refractivity contribution in [2.24, 2.45) is 5.92 Å². The average molecular weight is 274 g/mol. The molecule has 0 unspecified atom stereocenters. The van der Waals surface area contributed by atoms with Crippen molar-refractivity contribution < 1.29 is 9.59 Å². The zero-order chi connectivity index (χ0) is 14.5. The summed E-state index contributed by atoms with van der Waals surface area (Å²) >= 11 is 0. The summed E-state index contributed by atoms with van der Waals surface area (Å²) in [6.45, 7) is 5.87. The Kier molecular flexibility index (Phi) is 4.77. The van der Waals surface area contributed by atoms with Crippen molar-refractivity contribution in [2.45, 2.75) is 39.8 Å². The van der Waals surface area contributed by atoms with Crippen molar-refractivity contribution in [3.63, 3.8) is 0 Å². The molecule has 0 spiro atoms. The van der Waals surface area contributed by atoms with Gasteiger partial charge in [-0.3, -0.25) is 9.59 Å². The second-order valence-corrected chi connectivity index (χ2v) is 5.61. The second-order valence-electron chi connectivity index (χ2n) is 5.61. The van der Waals surface area contributed by atoms with Gasteiger partial charge in [0, 0.05) is 32.0 Å². The van der Waals surface area contributed by atoms with Crippen LogP contribution in [0.2, 0.25) is 0 Å². The summed E-state index contributed by atoms with van der Waals surface area (Å²) in [5.41, 5.74) is 2.22. The predicted octanol–water partition coefficient (Wildman–Crippen LogP) is 2.08. The molecule has 0 bridgehead atoms. The van der Waals surface area contributed by atoms with E-state index >= 15 is 0 Å². The Morgan fingerprint density at radius 1 is 1.25 bits per heavy atom. The first-order valence-electron chi connectivity index (χ1n) is 7.19. The van der Waals surface area contributed by atoms with Gasteiger partial charge < -0.3 is 10.2 Å². The molecule has 0 saturated carbocycles. The van der Waals surface area contributed by atoms with E-state index < -0.39 is 0 Å². The number of carbonyl (C=O) groups excluding carboxylic acids is 2. The highest BCUT2D eigenvalue weighted by molar-refractivity contribution is 5.78. The van der Waals surface area contributed by atoms with Gasteiger partial charge in [-0.15, -0.1) is 0 Å². The molecule has 2 rings (SSSR count). The van der Waals surface area contributed by atoms with E-state index in [2.05, 4.69) is 5.32 Å². The molecular formula is C16H22N2O2. The normalized spacial score (nSPS) is 14.9. The van der Waals surface area contributed by atoms with Crippen molar-refractivity contribution in [1.29, 1.82) is 0 Å². The van der Waals surface area contributed by atoms with Crippen LogP contribution in [-0.4, -0.2) is 23.3 Å². The zero-order valence-electron chi connectivity index (χ0n) is 12.2. The third-order valence-corrected chi connectivity index (χ3v) is 3.56. The molecule has 0 aliphatic carbocycles. The summed E-state index contributed by atoms with van der Waals surface area (Å²) in [5, 5.41) is 2.89.